The second-order valence-electron chi connectivity index (χ2n) is 8.38. The first-order valence-corrected chi connectivity index (χ1v) is 13.5. The first-order chi connectivity index (χ1) is 17.8. The molecule has 1 amide bonds. The highest BCUT2D eigenvalue weighted by Gasteiger charge is 2.28. The van der Waals surface area contributed by atoms with Gasteiger partial charge in [-0.1, -0.05) is 17.7 Å². The van der Waals surface area contributed by atoms with Crippen LogP contribution in [-0.4, -0.2) is 83.8 Å². The molecule has 2 aromatic carbocycles. The van der Waals surface area contributed by atoms with E-state index in [1.807, 2.05) is 4.90 Å². The molecular formula is C24H27ClFN3O7S. The van der Waals surface area contributed by atoms with Crippen LogP contribution in [-0.2, 0) is 40.2 Å². The van der Waals surface area contributed by atoms with E-state index in [1.54, 1.807) is 6.07 Å². The van der Waals surface area contributed by atoms with Crippen molar-refractivity contribution in [3.05, 3.63) is 52.8 Å². The maximum atomic E-state index is 13.9. The predicted molar refractivity (Wildman–Crippen MR) is 134 cm³/mol. The van der Waals surface area contributed by atoms with Gasteiger partial charge in [-0.2, -0.15) is 4.31 Å². The molecule has 2 aliphatic rings. The van der Waals surface area contributed by atoms with Crippen LogP contribution < -0.4 is 10.2 Å². The zero-order chi connectivity index (χ0) is 26.4. The minimum Gasteiger partial charge on any atom is -0.455 e. The Morgan fingerprint density at radius 1 is 1.03 bits per heavy atom. The summed E-state index contributed by atoms with van der Waals surface area (Å²) in [4.78, 5) is 26.9. The number of hydrogen-bond acceptors (Lipinski definition) is 8. The molecule has 0 bridgehead atoms. The fourth-order valence-electron chi connectivity index (χ4n) is 4.02. The second-order valence-corrected chi connectivity index (χ2v) is 10.7. The van der Waals surface area contributed by atoms with Gasteiger partial charge in [0.25, 0.3) is 5.91 Å². The van der Waals surface area contributed by atoms with Crippen LogP contribution in [0.2, 0.25) is 5.02 Å². The Bertz CT molecular complexity index is 1230. The summed E-state index contributed by atoms with van der Waals surface area (Å²) in [5.74, 6) is -2.16. The molecule has 4 rings (SSSR count). The second kappa shape index (κ2) is 12.2. The standard InChI is InChI=1S/C24H27ClFN3O7S/c25-19-2-1-3-20(26)18(19)15-24(31)36-16-23(30)27-21-14-17(37(32,33)29-8-12-35-13-9-29)4-5-22(21)28-6-10-34-11-7-28/h1-5,14H,6-13,15-16H2,(H,27,30). The van der Waals surface area contributed by atoms with Gasteiger partial charge in [0.1, 0.15) is 5.82 Å². The summed E-state index contributed by atoms with van der Waals surface area (Å²) in [6, 6.07) is 8.58. The molecule has 0 aliphatic carbocycles. The van der Waals surface area contributed by atoms with E-state index in [0.29, 0.717) is 45.2 Å². The maximum Gasteiger partial charge on any atom is 0.310 e. The van der Waals surface area contributed by atoms with Crippen LogP contribution in [0.15, 0.2) is 41.3 Å². The number of nitrogens with zero attached hydrogens (tertiary/aromatic N) is 2. The number of sulfonamides is 1. The smallest absolute Gasteiger partial charge is 0.310 e. The van der Waals surface area contributed by atoms with E-state index in [-0.39, 0.29) is 34.3 Å². The van der Waals surface area contributed by atoms with E-state index in [9.17, 15) is 22.4 Å². The van der Waals surface area contributed by atoms with Gasteiger partial charge in [-0.25, -0.2) is 12.8 Å². The van der Waals surface area contributed by atoms with Gasteiger partial charge < -0.3 is 24.4 Å². The van der Waals surface area contributed by atoms with Gasteiger partial charge in [-0.3, -0.25) is 9.59 Å². The zero-order valence-electron chi connectivity index (χ0n) is 20.0. The summed E-state index contributed by atoms with van der Waals surface area (Å²) in [6.45, 7) is 2.50. The lowest BCUT2D eigenvalue weighted by Crippen LogP contribution is -2.40. The fraction of sp³-hybridized carbons (Fsp3) is 0.417. The molecule has 2 aromatic rings. The first kappa shape index (κ1) is 27.3. The Labute approximate surface area is 219 Å². The van der Waals surface area contributed by atoms with E-state index in [4.69, 9.17) is 25.8 Å². The molecule has 200 valence electrons. The highest BCUT2D eigenvalue weighted by Crippen LogP contribution is 2.31. The maximum absolute atomic E-state index is 13.9. The van der Waals surface area contributed by atoms with Gasteiger partial charge in [0.2, 0.25) is 10.0 Å². The number of nitrogens with one attached hydrogen (secondary N) is 1. The molecule has 2 aliphatic heterocycles. The topological polar surface area (TPSA) is 114 Å². The lowest BCUT2D eigenvalue weighted by molar-refractivity contribution is -0.146. The van der Waals surface area contributed by atoms with Gasteiger partial charge in [0.05, 0.1) is 49.1 Å². The summed E-state index contributed by atoms with van der Waals surface area (Å²) in [6.07, 6.45) is -0.439. The van der Waals surface area contributed by atoms with Crippen molar-refractivity contribution in [2.45, 2.75) is 11.3 Å². The molecule has 2 fully saturated rings. The summed E-state index contributed by atoms with van der Waals surface area (Å²) >= 11 is 5.94. The molecule has 0 saturated carbocycles. The van der Waals surface area contributed by atoms with E-state index in [2.05, 4.69) is 5.32 Å². The van der Waals surface area contributed by atoms with Crippen LogP contribution in [0.1, 0.15) is 5.56 Å². The largest absolute Gasteiger partial charge is 0.455 e. The Kier molecular flexibility index (Phi) is 8.98. The molecule has 0 atom stereocenters. The number of amides is 1. The molecule has 0 unspecified atom stereocenters. The number of carbonyl (C=O) groups is 2. The van der Waals surface area contributed by atoms with Crippen molar-refractivity contribution >= 4 is 44.9 Å². The first-order valence-electron chi connectivity index (χ1n) is 11.7. The lowest BCUT2D eigenvalue weighted by Gasteiger charge is -2.31. The Balaban J connectivity index is 1.48. The number of morpholine rings is 2. The number of esters is 1. The molecule has 10 nitrogen and oxygen atoms in total. The van der Waals surface area contributed by atoms with Crippen molar-refractivity contribution < 1.29 is 36.6 Å². The van der Waals surface area contributed by atoms with Crippen molar-refractivity contribution in [3.8, 4) is 0 Å². The molecule has 2 saturated heterocycles. The average Bonchev–Trinajstić information content (AvgIpc) is 2.90. The van der Waals surface area contributed by atoms with Crippen molar-refractivity contribution in [2.24, 2.45) is 0 Å². The number of carbonyl (C=O) groups excluding carboxylic acids is 2. The molecular weight excluding hydrogens is 529 g/mol. The van der Waals surface area contributed by atoms with Crippen LogP contribution in [0.5, 0.6) is 0 Å². The van der Waals surface area contributed by atoms with Crippen molar-refractivity contribution in [2.75, 3.05) is 69.4 Å². The average molecular weight is 556 g/mol. The molecule has 13 heteroatoms. The number of hydrogen-bond donors (Lipinski definition) is 1. The molecule has 2 heterocycles. The molecule has 1 N–H and O–H groups in total. The molecule has 0 spiro atoms. The Morgan fingerprint density at radius 2 is 1.70 bits per heavy atom. The van der Waals surface area contributed by atoms with Crippen molar-refractivity contribution in [3.63, 3.8) is 0 Å². The number of anilines is 2. The van der Waals surface area contributed by atoms with E-state index < -0.39 is 40.7 Å². The number of rotatable bonds is 8. The van der Waals surface area contributed by atoms with Gasteiger partial charge in [0, 0.05) is 36.8 Å². The third-order valence-electron chi connectivity index (χ3n) is 5.95. The van der Waals surface area contributed by atoms with Gasteiger partial charge >= 0.3 is 5.97 Å². The van der Waals surface area contributed by atoms with Crippen molar-refractivity contribution in [1.82, 2.24) is 4.31 Å². The monoisotopic (exact) mass is 555 g/mol. The summed E-state index contributed by atoms with van der Waals surface area (Å²) in [5.41, 5.74) is 0.849. The predicted octanol–water partition coefficient (Wildman–Crippen LogP) is 2.06. The van der Waals surface area contributed by atoms with E-state index in [0.717, 1.165) is 0 Å². The third-order valence-corrected chi connectivity index (χ3v) is 8.20. The van der Waals surface area contributed by atoms with Crippen LogP contribution >= 0.6 is 11.6 Å². The van der Waals surface area contributed by atoms with Gasteiger partial charge in [0.15, 0.2) is 6.61 Å². The van der Waals surface area contributed by atoms with Crippen LogP contribution in [0.25, 0.3) is 0 Å². The van der Waals surface area contributed by atoms with Crippen LogP contribution in [0.3, 0.4) is 0 Å². The van der Waals surface area contributed by atoms with E-state index >= 15 is 0 Å². The summed E-state index contributed by atoms with van der Waals surface area (Å²) in [7, 11) is -3.81. The quantitative estimate of drug-likeness (QED) is 0.492. The van der Waals surface area contributed by atoms with E-state index in [1.165, 1.54) is 34.6 Å². The molecule has 0 aromatic heterocycles. The number of benzene rings is 2. The third kappa shape index (κ3) is 6.76. The number of ether oxygens (including phenoxy) is 3. The highest BCUT2D eigenvalue weighted by molar-refractivity contribution is 7.89. The minimum atomic E-state index is -3.81. The Morgan fingerprint density at radius 3 is 2.38 bits per heavy atom. The summed E-state index contributed by atoms with van der Waals surface area (Å²) in [5, 5.41) is 2.74. The fourth-order valence-corrected chi connectivity index (χ4v) is 5.69. The normalized spacial score (nSPS) is 16.9. The minimum absolute atomic E-state index is 0.0212. The zero-order valence-corrected chi connectivity index (χ0v) is 21.5. The SMILES string of the molecule is O=C(COC(=O)Cc1c(F)cccc1Cl)Nc1cc(S(=O)(=O)N2CCOCC2)ccc1N1CCOCC1. The molecule has 0 radical (unpaired) electrons. The van der Waals surface area contributed by atoms with Crippen LogP contribution in [0.4, 0.5) is 15.8 Å². The van der Waals surface area contributed by atoms with Gasteiger partial charge in [-0.05, 0) is 30.3 Å². The van der Waals surface area contributed by atoms with Gasteiger partial charge in [-0.15, -0.1) is 0 Å². The highest BCUT2D eigenvalue weighted by atomic mass is 35.5. The number of halogens is 2. The lowest BCUT2D eigenvalue weighted by atomic mass is 10.1. The summed E-state index contributed by atoms with van der Waals surface area (Å²) < 4.78 is 57.3. The Hall–Kier alpha value is -2.77. The molecule has 37 heavy (non-hydrogen) atoms. The van der Waals surface area contributed by atoms with Crippen molar-refractivity contribution in [1.29, 1.82) is 0 Å². The van der Waals surface area contributed by atoms with Crippen LogP contribution in [0, 0.1) is 5.82 Å².